The van der Waals surface area contributed by atoms with Crippen LogP contribution in [0.5, 0.6) is 0 Å². The number of alkyl halides is 1. The molecule has 0 aromatic heterocycles. The van der Waals surface area contributed by atoms with Crippen LogP contribution in [-0.4, -0.2) is 10.8 Å². The second kappa shape index (κ2) is 6.04. The Hall–Kier alpha value is -0.0900. The van der Waals surface area contributed by atoms with E-state index in [-0.39, 0.29) is 17.4 Å². The summed E-state index contributed by atoms with van der Waals surface area (Å²) in [5.74, 6) is -0.992. The summed E-state index contributed by atoms with van der Waals surface area (Å²) in [5.41, 5.74) is 0. The first-order valence-corrected chi connectivity index (χ1v) is 3.42. The minimum atomic E-state index is -0.992. The van der Waals surface area contributed by atoms with Gasteiger partial charge in [0.25, 0.3) is 0 Å². The Morgan fingerprint density at radius 3 is 2.33 bits per heavy atom. The lowest BCUT2D eigenvalue weighted by atomic mass is 10.2. The molecule has 0 aliphatic rings. The number of carboxylic acids is 1. The summed E-state index contributed by atoms with van der Waals surface area (Å²) in [6.07, 6.45) is 0.935. The molecule has 0 spiro atoms. The highest BCUT2D eigenvalue weighted by Crippen LogP contribution is 2.07. The Balaban J connectivity index is 0. The summed E-state index contributed by atoms with van der Waals surface area (Å²) < 4.78 is 0. The average molecular weight is 198 g/mol. The molecule has 0 fully saturated rings. The molecule has 0 amide bonds. The van der Waals surface area contributed by atoms with Gasteiger partial charge in [-0.05, 0) is 12.8 Å². The summed E-state index contributed by atoms with van der Waals surface area (Å²) in [7, 11) is 0. The van der Waals surface area contributed by atoms with Gasteiger partial charge in [0.05, 0.1) is 0 Å². The van der Waals surface area contributed by atoms with Gasteiger partial charge >= 0.3 is 0 Å². The Kier molecular flexibility index (Phi) is 7.83. The normalized spacial score (nSPS) is 11.8. The van der Waals surface area contributed by atoms with Crippen molar-refractivity contribution in [2.24, 2.45) is 0 Å². The van der Waals surface area contributed by atoms with Crippen LogP contribution in [0, 0.1) is 0 Å². The third kappa shape index (κ3) is 7.91. The van der Waals surface area contributed by atoms with Gasteiger partial charge in [-0.1, -0.05) is 22.9 Å². The molecule has 4 N–H and O–H groups in total. The third-order valence-corrected chi connectivity index (χ3v) is 1.80. The number of hydrogen-bond acceptors (Lipinski definition) is 2. The van der Waals surface area contributed by atoms with Gasteiger partial charge in [-0.25, -0.2) is 0 Å². The zero-order chi connectivity index (χ0) is 6.57. The summed E-state index contributed by atoms with van der Waals surface area (Å²) in [6, 6.07) is 0. The lowest BCUT2D eigenvalue weighted by Gasteiger charge is -2.05. The van der Waals surface area contributed by atoms with Crippen LogP contribution in [0.1, 0.15) is 19.8 Å². The van der Waals surface area contributed by atoms with Gasteiger partial charge in [0, 0.05) is 10.8 Å². The molecule has 9 heavy (non-hydrogen) atoms. The zero-order valence-corrected chi connectivity index (χ0v) is 7.27. The summed E-state index contributed by atoms with van der Waals surface area (Å²) >= 11 is 3.16. The van der Waals surface area contributed by atoms with Crippen LogP contribution in [0.2, 0.25) is 0 Å². The molecular weight excluding hydrogens is 186 g/mol. The van der Waals surface area contributed by atoms with Crippen molar-refractivity contribution in [2.75, 3.05) is 0 Å². The fourth-order valence-corrected chi connectivity index (χ4v) is 0.590. The van der Waals surface area contributed by atoms with Crippen molar-refractivity contribution in [3.05, 3.63) is 0 Å². The van der Waals surface area contributed by atoms with E-state index in [1.807, 2.05) is 6.92 Å². The molecule has 56 valence electrons. The third-order valence-electron chi connectivity index (χ3n) is 0.831. The molecule has 1 atom stereocenters. The Labute approximate surface area is 63.2 Å². The van der Waals surface area contributed by atoms with Gasteiger partial charge in [0.15, 0.2) is 0 Å². The van der Waals surface area contributed by atoms with Gasteiger partial charge in [0.2, 0.25) is 0 Å². The molecule has 0 radical (unpaired) electrons. The van der Waals surface area contributed by atoms with Crippen LogP contribution in [-0.2, 0) is 4.79 Å². The minimum absolute atomic E-state index is 0. The van der Waals surface area contributed by atoms with Crippen molar-refractivity contribution >= 4 is 21.9 Å². The largest absolute Gasteiger partial charge is 0.550 e. The molecule has 0 aromatic carbocycles. The molecule has 0 bridgehead atoms. The molecule has 3 nitrogen and oxygen atoms in total. The van der Waals surface area contributed by atoms with Gasteiger partial charge in [-0.2, -0.15) is 0 Å². The number of halogens is 1. The molecule has 0 aliphatic heterocycles. The molecular formula is C5H12BrNO2. The molecule has 0 saturated heterocycles. The van der Waals surface area contributed by atoms with Crippen molar-refractivity contribution in [1.29, 1.82) is 0 Å². The number of aliphatic carboxylic acids is 1. The number of carbonyl (C=O) groups is 1. The van der Waals surface area contributed by atoms with Crippen LogP contribution in [0.15, 0.2) is 0 Å². The monoisotopic (exact) mass is 197 g/mol. The Morgan fingerprint density at radius 1 is 1.78 bits per heavy atom. The van der Waals surface area contributed by atoms with E-state index in [9.17, 15) is 9.90 Å². The number of hydrogen-bond donors (Lipinski definition) is 1. The highest BCUT2D eigenvalue weighted by Gasteiger charge is 1.98. The predicted octanol–water partition coefficient (Wildman–Crippen LogP) is 0.676. The highest BCUT2D eigenvalue weighted by molar-refractivity contribution is 9.09. The lowest BCUT2D eigenvalue weighted by Crippen LogP contribution is -2.24. The van der Waals surface area contributed by atoms with Gasteiger partial charge in [-0.3, -0.25) is 0 Å². The van der Waals surface area contributed by atoms with E-state index in [0.29, 0.717) is 0 Å². The van der Waals surface area contributed by atoms with E-state index in [4.69, 9.17) is 0 Å². The van der Waals surface area contributed by atoms with Crippen molar-refractivity contribution < 1.29 is 9.90 Å². The van der Waals surface area contributed by atoms with E-state index in [1.165, 1.54) is 0 Å². The standard InChI is InChI=1S/C5H9BrO2.H3N/c1-2-4(6)3-5(7)8;/h4H,2-3H2,1H3,(H,7,8);1H3. The number of rotatable bonds is 3. The zero-order valence-electron chi connectivity index (χ0n) is 5.69. The molecule has 0 saturated carbocycles. The van der Waals surface area contributed by atoms with Crippen molar-refractivity contribution in [3.63, 3.8) is 0 Å². The maximum absolute atomic E-state index is 9.83. The molecule has 0 aromatic rings. The molecule has 4 heteroatoms. The summed E-state index contributed by atoms with van der Waals surface area (Å²) in [4.78, 5) is 9.90. The summed E-state index contributed by atoms with van der Waals surface area (Å²) in [6.45, 7) is 1.92. The van der Waals surface area contributed by atoms with Crippen LogP contribution >= 0.6 is 15.9 Å². The molecule has 0 rings (SSSR count). The van der Waals surface area contributed by atoms with Gasteiger partial charge < -0.3 is 16.1 Å². The number of carboxylic acid groups (broad SMARTS) is 1. The SMILES string of the molecule is CCC(Br)CC(=O)[O-].[NH4+]. The molecule has 0 heterocycles. The first-order chi connectivity index (χ1) is 3.66. The van der Waals surface area contributed by atoms with Crippen molar-refractivity contribution in [2.45, 2.75) is 24.6 Å². The maximum atomic E-state index is 9.83. The quantitative estimate of drug-likeness (QED) is 0.676. The Bertz CT molecular complexity index is 87.0. The number of quaternary nitrogens is 1. The van der Waals surface area contributed by atoms with E-state index < -0.39 is 5.97 Å². The fourth-order valence-electron chi connectivity index (χ4n) is 0.325. The second-order valence-corrected chi connectivity index (χ2v) is 2.88. The van der Waals surface area contributed by atoms with E-state index in [0.717, 1.165) is 6.42 Å². The first kappa shape index (κ1) is 11.7. The average Bonchev–Trinajstić information content (AvgIpc) is 1.65. The van der Waals surface area contributed by atoms with Crippen LogP contribution in [0.25, 0.3) is 0 Å². The highest BCUT2D eigenvalue weighted by atomic mass is 79.9. The van der Waals surface area contributed by atoms with E-state index in [2.05, 4.69) is 15.9 Å². The van der Waals surface area contributed by atoms with Gasteiger partial charge in [0.1, 0.15) is 0 Å². The molecule has 1 unspecified atom stereocenters. The van der Waals surface area contributed by atoms with Crippen molar-refractivity contribution in [1.82, 2.24) is 6.15 Å². The van der Waals surface area contributed by atoms with E-state index in [1.54, 1.807) is 0 Å². The van der Waals surface area contributed by atoms with Crippen LogP contribution in [0.4, 0.5) is 0 Å². The topological polar surface area (TPSA) is 76.6 Å². The lowest BCUT2D eigenvalue weighted by molar-refractivity contribution is -0.305. The molecule has 0 aliphatic carbocycles. The fraction of sp³-hybridized carbons (Fsp3) is 0.800. The second-order valence-electron chi connectivity index (χ2n) is 1.58. The van der Waals surface area contributed by atoms with Crippen molar-refractivity contribution in [3.8, 4) is 0 Å². The van der Waals surface area contributed by atoms with Crippen LogP contribution < -0.4 is 11.3 Å². The number of carbonyl (C=O) groups excluding carboxylic acids is 1. The summed E-state index contributed by atoms with van der Waals surface area (Å²) in [5, 5.41) is 9.83. The minimum Gasteiger partial charge on any atom is -0.550 e. The Morgan fingerprint density at radius 2 is 2.22 bits per heavy atom. The smallest absolute Gasteiger partial charge is 0.0425 e. The maximum Gasteiger partial charge on any atom is 0.0425 e. The predicted molar refractivity (Wildman–Crippen MR) is 38.6 cm³/mol. The van der Waals surface area contributed by atoms with Crippen LogP contribution in [0.3, 0.4) is 0 Å². The first-order valence-electron chi connectivity index (χ1n) is 2.50. The van der Waals surface area contributed by atoms with Gasteiger partial charge in [-0.15, -0.1) is 0 Å². The van der Waals surface area contributed by atoms with E-state index >= 15 is 0 Å².